The fourth-order valence-electron chi connectivity index (χ4n) is 3.57. The highest BCUT2D eigenvalue weighted by atomic mass is 16.6. The molecule has 0 atom stereocenters. The third-order valence-corrected chi connectivity index (χ3v) is 5.39. The number of carbonyl (C=O) groups excluding carboxylic acids is 1. The van der Waals surface area contributed by atoms with Crippen LogP contribution in [0.25, 0.3) is 11.0 Å². The van der Waals surface area contributed by atoms with Crippen molar-refractivity contribution in [2.45, 2.75) is 20.8 Å². The molecule has 0 saturated carbocycles. The number of furan rings is 1. The molecule has 9 nitrogen and oxygen atoms in total. The highest BCUT2D eigenvalue weighted by molar-refractivity contribution is 5.82. The lowest BCUT2D eigenvalue weighted by Gasteiger charge is -2.35. The second-order valence-corrected chi connectivity index (χ2v) is 7.28. The van der Waals surface area contributed by atoms with E-state index in [9.17, 15) is 10.1 Å². The van der Waals surface area contributed by atoms with Crippen molar-refractivity contribution in [1.29, 1.82) is 5.26 Å². The average Bonchev–Trinajstić information content (AvgIpc) is 3.05. The first kappa shape index (κ1) is 20.5. The van der Waals surface area contributed by atoms with Gasteiger partial charge >= 0.3 is 6.09 Å². The fourth-order valence-corrected chi connectivity index (χ4v) is 3.57. The van der Waals surface area contributed by atoms with Crippen molar-refractivity contribution < 1.29 is 13.9 Å². The molecule has 2 aromatic heterocycles. The largest absolute Gasteiger partial charge is 0.450 e. The van der Waals surface area contributed by atoms with Crippen molar-refractivity contribution in [2.75, 3.05) is 43.0 Å². The third kappa shape index (κ3) is 3.97. The summed E-state index contributed by atoms with van der Waals surface area (Å²) in [5.74, 6) is 2.19. The van der Waals surface area contributed by atoms with Gasteiger partial charge in [0.2, 0.25) is 5.88 Å². The molecule has 1 saturated heterocycles. The number of ether oxygens (including phenoxy) is 1. The number of carbonyl (C=O) groups is 1. The fraction of sp³-hybridized carbons (Fsp3) is 0.364. The summed E-state index contributed by atoms with van der Waals surface area (Å²) in [7, 11) is 0. The van der Waals surface area contributed by atoms with Gasteiger partial charge in [-0.15, -0.1) is 0 Å². The van der Waals surface area contributed by atoms with Crippen molar-refractivity contribution in [3.63, 3.8) is 0 Å². The summed E-state index contributed by atoms with van der Waals surface area (Å²) < 4.78 is 10.9. The lowest BCUT2D eigenvalue weighted by Crippen LogP contribution is -2.49. The van der Waals surface area contributed by atoms with Crippen LogP contribution < -0.4 is 10.2 Å². The Hall–Kier alpha value is -3.80. The van der Waals surface area contributed by atoms with Gasteiger partial charge < -0.3 is 24.3 Å². The molecule has 0 aliphatic carbocycles. The molecule has 0 bridgehead atoms. The summed E-state index contributed by atoms with van der Waals surface area (Å²) in [6.07, 6.45) is -0.301. The van der Waals surface area contributed by atoms with E-state index < -0.39 is 0 Å². The molecule has 0 spiro atoms. The highest BCUT2D eigenvalue weighted by Crippen LogP contribution is 2.32. The minimum atomic E-state index is -0.301. The number of nitrogens with one attached hydrogen (secondary N) is 1. The Balaban J connectivity index is 1.68. The van der Waals surface area contributed by atoms with Gasteiger partial charge in [0.25, 0.3) is 0 Å². The molecule has 4 rings (SSSR count). The van der Waals surface area contributed by atoms with Crippen LogP contribution in [0, 0.1) is 25.2 Å². The number of aromatic nitrogens is 2. The van der Waals surface area contributed by atoms with Crippen molar-refractivity contribution >= 4 is 34.6 Å². The van der Waals surface area contributed by atoms with Crippen LogP contribution in [-0.2, 0) is 4.74 Å². The number of para-hydroxylation sites is 2. The lowest BCUT2D eigenvalue weighted by molar-refractivity contribution is 0.105. The van der Waals surface area contributed by atoms with Gasteiger partial charge in [0.1, 0.15) is 17.4 Å². The molecule has 1 amide bonds. The van der Waals surface area contributed by atoms with Crippen LogP contribution >= 0.6 is 0 Å². The zero-order valence-electron chi connectivity index (χ0n) is 17.8. The summed E-state index contributed by atoms with van der Waals surface area (Å²) >= 11 is 0. The minimum absolute atomic E-state index is 0.301. The predicted octanol–water partition coefficient (Wildman–Crippen LogP) is 3.73. The van der Waals surface area contributed by atoms with Crippen molar-refractivity contribution in [2.24, 2.45) is 0 Å². The number of rotatable bonds is 4. The predicted molar refractivity (Wildman–Crippen MR) is 117 cm³/mol. The number of aryl methyl sites for hydroxylation is 1. The molecule has 1 aliphatic rings. The monoisotopic (exact) mass is 420 g/mol. The zero-order valence-corrected chi connectivity index (χ0v) is 17.8. The summed E-state index contributed by atoms with van der Waals surface area (Å²) in [6.45, 7) is 8.04. The topological polar surface area (TPSA) is 108 Å². The van der Waals surface area contributed by atoms with Crippen LogP contribution in [0.1, 0.15) is 23.8 Å². The Morgan fingerprint density at radius 3 is 2.52 bits per heavy atom. The van der Waals surface area contributed by atoms with Gasteiger partial charge in [-0.1, -0.05) is 12.1 Å². The number of hydrogen-bond acceptors (Lipinski definition) is 8. The quantitative estimate of drug-likeness (QED) is 0.680. The smallest absolute Gasteiger partial charge is 0.409 e. The second kappa shape index (κ2) is 8.52. The maximum Gasteiger partial charge on any atom is 0.409 e. The standard InChI is InChI=1S/C22H24N6O3/c1-4-30-22(29)28-11-9-27(10-12-28)20-19(24-17-7-5-6-8-18(17)25-20)26-21-16(13-23)14(2)15(3)31-21/h5-8H,4,9-12H2,1-3H3,(H,24,26). The average molecular weight is 420 g/mol. The van der Waals surface area contributed by atoms with Crippen molar-refractivity contribution in [1.82, 2.24) is 14.9 Å². The molecule has 9 heteroatoms. The minimum Gasteiger partial charge on any atom is -0.450 e. The van der Waals surface area contributed by atoms with Crippen LogP contribution in [0.4, 0.5) is 22.3 Å². The molecular weight excluding hydrogens is 396 g/mol. The van der Waals surface area contributed by atoms with Crippen molar-refractivity contribution in [3.05, 3.63) is 41.2 Å². The van der Waals surface area contributed by atoms with E-state index in [0.29, 0.717) is 61.6 Å². The van der Waals surface area contributed by atoms with Crippen LogP contribution in [0.2, 0.25) is 0 Å². The van der Waals surface area contributed by atoms with Gasteiger partial charge in [-0.05, 0) is 32.9 Å². The molecule has 3 heterocycles. The maximum absolute atomic E-state index is 12.0. The van der Waals surface area contributed by atoms with Gasteiger partial charge in [0.15, 0.2) is 11.6 Å². The maximum atomic E-state index is 12.0. The summed E-state index contributed by atoms with van der Waals surface area (Å²) in [5, 5.41) is 12.7. The van der Waals surface area contributed by atoms with Crippen LogP contribution in [-0.4, -0.2) is 53.7 Å². The molecule has 31 heavy (non-hydrogen) atoms. The van der Waals surface area contributed by atoms with Crippen molar-refractivity contribution in [3.8, 4) is 6.07 Å². The summed E-state index contributed by atoms with van der Waals surface area (Å²) in [5.41, 5.74) is 2.74. The third-order valence-electron chi connectivity index (χ3n) is 5.39. The number of benzene rings is 1. The van der Waals surface area contributed by atoms with Crippen LogP contribution in [0.3, 0.4) is 0 Å². The number of anilines is 3. The Labute approximate surface area is 180 Å². The lowest BCUT2D eigenvalue weighted by atomic mass is 10.2. The van der Waals surface area contributed by atoms with Gasteiger partial charge in [0.05, 0.1) is 17.6 Å². The molecular formula is C22H24N6O3. The number of hydrogen-bond donors (Lipinski definition) is 1. The zero-order chi connectivity index (χ0) is 22.0. The van der Waals surface area contributed by atoms with E-state index >= 15 is 0 Å². The number of nitrogens with zero attached hydrogens (tertiary/aromatic N) is 5. The number of amides is 1. The summed E-state index contributed by atoms with van der Waals surface area (Å²) in [4.78, 5) is 25.4. The van der Waals surface area contributed by atoms with Crippen LogP contribution in [0.5, 0.6) is 0 Å². The highest BCUT2D eigenvalue weighted by Gasteiger charge is 2.26. The van der Waals surface area contributed by atoms with E-state index in [-0.39, 0.29) is 6.09 Å². The number of piperazine rings is 1. The normalized spacial score (nSPS) is 13.9. The Morgan fingerprint density at radius 1 is 1.19 bits per heavy atom. The molecule has 0 radical (unpaired) electrons. The number of fused-ring (bicyclic) bond motifs is 1. The molecule has 1 N–H and O–H groups in total. The Kier molecular flexibility index (Phi) is 5.62. The molecule has 1 fully saturated rings. The number of nitriles is 1. The first-order chi connectivity index (χ1) is 15.0. The van der Waals surface area contributed by atoms with E-state index in [2.05, 4.69) is 16.3 Å². The molecule has 0 unspecified atom stereocenters. The van der Waals surface area contributed by atoms with E-state index in [1.54, 1.807) is 11.8 Å². The van der Waals surface area contributed by atoms with Gasteiger partial charge in [-0.2, -0.15) is 5.26 Å². The summed E-state index contributed by atoms with van der Waals surface area (Å²) in [6, 6.07) is 9.81. The van der Waals surface area contributed by atoms with Crippen LogP contribution in [0.15, 0.2) is 28.7 Å². The van der Waals surface area contributed by atoms with E-state index in [0.717, 1.165) is 16.6 Å². The molecule has 160 valence electrons. The van der Waals surface area contributed by atoms with Gasteiger partial charge in [0, 0.05) is 31.7 Å². The first-order valence-corrected chi connectivity index (χ1v) is 10.2. The molecule has 1 aliphatic heterocycles. The first-order valence-electron chi connectivity index (χ1n) is 10.2. The SMILES string of the molecule is CCOC(=O)N1CCN(c2nc3ccccc3nc2Nc2oc(C)c(C)c2C#N)CC1. The second-order valence-electron chi connectivity index (χ2n) is 7.28. The molecule has 3 aromatic rings. The van der Waals surface area contributed by atoms with E-state index in [4.69, 9.17) is 19.1 Å². The van der Waals surface area contributed by atoms with E-state index in [1.165, 1.54) is 0 Å². The van der Waals surface area contributed by atoms with Gasteiger partial charge in [-0.25, -0.2) is 14.8 Å². The van der Waals surface area contributed by atoms with E-state index in [1.807, 2.05) is 38.1 Å². The molecule has 1 aromatic carbocycles. The Bertz CT molecular complexity index is 1160. The Morgan fingerprint density at radius 2 is 1.87 bits per heavy atom. The van der Waals surface area contributed by atoms with Gasteiger partial charge in [-0.3, -0.25) is 0 Å².